The molecule has 23 heteroatoms. The number of aliphatic carboxylic acids is 2. The third kappa shape index (κ3) is 23.2. The Morgan fingerprint density at radius 2 is 0.731 bits per heavy atom. The van der Waals surface area contributed by atoms with E-state index in [1.807, 2.05) is 13.8 Å². The van der Waals surface area contributed by atoms with E-state index in [-0.39, 0.29) is 50.4 Å². The molecule has 0 unspecified atom stereocenters. The number of benzene rings is 3. The lowest BCUT2D eigenvalue weighted by Gasteiger charge is -2.28. The van der Waals surface area contributed by atoms with Gasteiger partial charge in [0.2, 0.25) is 47.3 Å². The molecule has 9 atom stereocenters. The largest absolute Gasteiger partial charge is 0.481 e. The van der Waals surface area contributed by atoms with Crippen LogP contribution in [-0.4, -0.2) is 142 Å². The van der Waals surface area contributed by atoms with E-state index in [9.17, 15) is 63.3 Å². The predicted molar refractivity (Wildman–Crippen MR) is 288 cm³/mol. The fraction of sp³-hybridized carbons (Fsp3) is 0.491. The number of hydrogen-bond acceptors (Lipinski definition) is 13. The van der Waals surface area contributed by atoms with Gasteiger partial charge in [-0.25, -0.2) is 4.79 Å². The van der Waals surface area contributed by atoms with Crippen molar-refractivity contribution in [3.05, 3.63) is 108 Å². The van der Waals surface area contributed by atoms with Crippen molar-refractivity contribution in [3.8, 4) is 0 Å². The Hall–Kier alpha value is -7.76. The van der Waals surface area contributed by atoms with Gasteiger partial charge in [0.25, 0.3) is 0 Å². The van der Waals surface area contributed by atoms with Crippen LogP contribution in [0.3, 0.4) is 0 Å². The summed E-state index contributed by atoms with van der Waals surface area (Å²) in [5, 5.41) is 50.5. The molecule has 15 N–H and O–H groups in total. The van der Waals surface area contributed by atoms with E-state index >= 15 is 0 Å². The molecule has 23 nitrogen and oxygen atoms in total. The Balaban J connectivity index is 1.90. The average molecular weight is 1090 g/mol. The minimum Gasteiger partial charge on any atom is -0.481 e. The van der Waals surface area contributed by atoms with Crippen LogP contribution in [0.1, 0.15) is 89.8 Å². The lowest BCUT2D eigenvalue weighted by atomic mass is 9.99. The maximum atomic E-state index is 14.5. The van der Waals surface area contributed by atoms with Gasteiger partial charge in [-0.15, -0.1) is 0 Å². The molecule has 0 bridgehead atoms. The molecular formula is C55H78N10O13. The van der Waals surface area contributed by atoms with Gasteiger partial charge in [0.05, 0.1) is 19.1 Å². The normalized spacial score (nSPS) is 14.6. The second-order valence-electron chi connectivity index (χ2n) is 20.0. The molecule has 0 spiro atoms. The number of amides is 8. The highest BCUT2D eigenvalue weighted by Gasteiger charge is 2.36. The molecule has 0 aliphatic rings. The van der Waals surface area contributed by atoms with Crippen molar-refractivity contribution in [1.82, 2.24) is 42.5 Å². The summed E-state index contributed by atoms with van der Waals surface area (Å²) >= 11 is 0. The van der Waals surface area contributed by atoms with Gasteiger partial charge in [-0.1, -0.05) is 119 Å². The third-order valence-electron chi connectivity index (χ3n) is 12.2. The highest BCUT2D eigenvalue weighted by Crippen LogP contribution is 2.13. The third-order valence-corrected chi connectivity index (χ3v) is 12.2. The van der Waals surface area contributed by atoms with E-state index in [1.165, 1.54) is 6.92 Å². The van der Waals surface area contributed by atoms with Crippen molar-refractivity contribution in [1.29, 1.82) is 0 Å². The number of rotatable bonds is 34. The first-order chi connectivity index (χ1) is 37.0. The lowest BCUT2D eigenvalue weighted by molar-refractivity contribution is -0.142. The first kappa shape index (κ1) is 64.5. The van der Waals surface area contributed by atoms with Gasteiger partial charge in [-0.05, 0) is 74.1 Å². The van der Waals surface area contributed by atoms with Crippen LogP contribution in [0.4, 0.5) is 0 Å². The topological polar surface area (TPSA) is 380 Å². The van der Waals surface area contributed by atoms with Gasteiger partial charge in [-0.3, -0.25) is 43.2 Å². The maximum Gasteiger partial charge on any atom is 0.326 e. The Morgan fingerprint density at radius 1 is 0.423 bits per heavy atom. The molecule has 0 heterocycles. The number of aliphatic hydroxyl groups is 1. The molecule has 3 rings (SSSR count). The van der Waals surface area contributed by atoms with Crippen LogP contribution in [0, 0.1) is 11.8 Å². The van der Waals surface area contributed by atoms with Crippen LogP contribution in [-0.2, 0) is 67.2 Å². The highest BCUT2D eigenvalue weighted by atomic mass is 16.4. The molecule has 0 saturated carbocycles. The number of hydrogen-bond donors (Lipinski definition) is 13. The second-order valence-corrected chi connectivity index (χ2v) is 20.0. The average Bonchev–Trinajstić information content (AvgIpc) is 3.40. The van der Waals surface area contributed by atoms with E-state index in [2.05, 4.69) is 42.5 Å². The molecule has 0 aliphatic carbocycles. The van der Waals surface area contributed by atoms with Crippen molar-refractivity contribution in [2.24, 2.45) is 23.3 Å². The van der Waals surface area contributed by atoms with Gasteiger partial charge in [0.1, 0.15) is 48.3 Å². The first-order valence-electron chi connectivity index (χ1n) is 26.1. The van der Waals surface area contributed by atoms with Crippen molar-refractivity contribution in [2.45, 2.75) is 147 Å². The van der Waals surface area contributed by atoms with Gasteiger partial charge >= 0.3 is 11.9 Å². The van der Waals surface area contributed by atoms with Crippen molar-refractivity contribution >= 4 is 59.2 Å². The Morgan fingerprint density at radius 3 is 1.06 bits per heavy atom. The Labute approximate surface area is 454 Å². The number of carboxylic acid groups (broad SMARTS) is 2. The number of aliphatic hydroxyl groups excluding tert-OH is 1. The van der Waals surface area contributed by atoms with Crippen LogP contribution in [0.15, 0.2) is 91.0 Å². The van der Waals surface area contributed by atoms with Crippen molar-refractivity contribution in [3.63, 3.8) is 0 Å². The summed E-state index contributed by atoms with van der Waals surface area (Å²) in [5.41, 5.74) is 13.1. The molecule has 0 aliphatic heterocycles. The summed E-state index contributed by atoms with van der Waals surface area (Å²) in [6.07, 6.45) is -0.157. The summed E-state index contributed by atoms with van der Waals surface area (Å²) in [6.45, 7) is 7.77. The van der Waals surface area contributed by atoms with Crippen molar-refractivity contribution in [2.75, 3.05) is 13.2 Å². The van der Waals surface area contributed by atoms with Crippen LogP contribution in [0.5, 0.6) is 0 Å². The Bertz CT molecular complexity index is 2450. The zero-order valence-corrected chi connectivity index (χ0v) is 44.9. The maximum absolute atomic E-state index is 14.5. The minimum atomic E-state index is -1.77. The fourth-order valence-electron chi connectivity index (χ4n) is 8.12. The quantitative estimate of drug-likeness (QED) is 0.0342. The summed E-state index contributed by atoms with van der Waals surface area (Å²) in [5.74, 6) is -10.4. The molecule has 0 fully saturated rings. The summed E-state index contributed by atoms with van der Waals surface area (Å²) in [7, 11) is 0. The van der Waals surface area contributed by atoms with Gasteiger partial charge in [0, 0.05) is 19.3 Å². The van der Waals surface area contributed by atoms with E-state index in [1.54, 1.807) is 105 Å². The lowest BCUT2D eigenvalue weighted by Crippen LogP contribution is -2.61. The molecule has 8 amide bonds. The van der Waals surface area contributed by atoms with Crippen LogP contribution >= 0.6 is 0 Å². The summed E-state index contributed by atoms with van der Waals surface area (Å²) < 4.78 is 0. The van der Waals surface area contributed by atoms with Crippen LogP contribution in [0.25, 0.3) is 0 Å². The first-order valence-corrected chi connectivity index (χ1v) is 26.1. The molecule has 0 saturated heterocycles. The van der Waals surface area contributed by atoms with Crippen molar-refractivity contribution < 1.29 is 63.3 Å². The number of carbonyl (C=O) groups excluding carboxylic acids is 8. The molecule has 0 radical (unpaired) electrons. The summed E-state index contributed by atoms with van der Waals surface area (Å²) in [6, 6.07) is 13.0. The van der Waals surface area contributed by atoms with E-state index in [0.717, 1.165) is 0 Å². The molecule has 426 valence electrons. The molecule has 0 aromatic heterocycles. The van der Waals surface area contributed by atoms with Gasteiger partial charge in [0.15, 0.2) is 0 Å². The number of carboxylic acids is 2. The number of nitrogens with one attached hydrogen (secondary N) is 8. The molecular weight excluding hydrogens is 1010 g/mol. The SMILES string of the molecule is CC(C)C[C@H](NC(=O)[C@H](Cc1ccccc1)NC(=O)[C@H](Cc1ccccc1)NC(=O)[C@H](CO)NC(=O)[C@H](CC(C)C)NC(=O)[C@H](CC(=O)O)NC(=O)[C@H](Cc1ccccc1)NC(=O)[C@H](C)N)C(=O)N[C@@H](CCCCN)C(=O)O. The Kier molecular flexibility index (Phi) is 27.6. The van der Waals surface area contributed by atoms with Crippen LogP contribution in [0.2, 0.25) is 0 Å². The molecule has 3 aromatic rings. The molecule has 3 aromatic carbocycles. The second kappa shape index (κ2) is 33.4. The van der Waals surface area contributed by atoms with Gasteiger partial charge < -0.3 is 69.3 Å². The van der Waals surface area contributed by atoms with E-state index in [4.69, 9.17) is 11.5 Å². The minimum absolute atomic E-state index is 0.0549. The molecule has 78 heavy (non-hydrogen) atoms. The van der Waals surface area contributed by atoms with Crippen LogP contribution < -0.4 is 54.0 Å². The number of unbranched alkanes of at least 4 members (excludes halogenated alkanes) is 1. The monoisotopic (exact) mass is 1090 g/mol. The standard InChI is InChI=1S/C55H78N10O13/c1-32(2)25-39(48(70)58-38(55(77)78)23-15-16-24-56)60-51(73)42(28-36-19-11-7-12-20-36)62-52(74)43(29-37-21-13-8-14-22-37)63-54(76)45(31-66)65-49(71)40(26-33(3)4)61-53(75)44(30-46(67)68)64-50(72)41(59-47(69)34(5)57)27-35-17-9-6-10-18-35/h6-14,17-22,32-34,38-45,66H,15-16,23-31,56-57H2,1-5H3,(H,58,70)(H,59,69)(H,60,73)(H,61,75)(H,62,74)(H,63,76)(H,64,72)(H,65,71)(H,67,68)(H,77,78)/t34-,38-,39-,40-,41-,42-,43-,44-,45-/m0/s1. The number of carbonyl (C=O) groups is 10. The zero-order valence-electron chi connectivity index (χ0n) is 44.9. The fourth-order valence-corrected chi connectivity index (χ4v) is 8.12. The smallest absolute Gasteiger partial charge is 0.326 e. The van der Waals surface area contributed by atoms with Gasteiger partial charge in [-0.2, -0.15) is 0 Å². The highest BCUT2D eigenvalue weighted by molar-refractivity contribution is 5.99. The van der Waals surface area contributed by atoms with E-state index in [0.29, 0.717) is 36.1 Å². The summed E-state index contributed by atoms with van der Waals surface area (Å²) in [4.78, 5) is 135. The van der Waals surface area contributed by atoms with E-state index < -0.39 is 127 Å². The predicted octanol–water partition coefficient (Wildman–Crippen LogP) is -0.287. The number of nitrogens with two attached hydrogens (primary N) is 2. The zero-order chi connectivity index (χ0) is 57.9.